The van der Waals surface area contributed by atoms with Crippen LogP contribution in [0.15, 0.2) is 0 Å². The van der Waals surface area contributed by atoms with Gasteiger partial charge in [-0.1, -0.05) is 0 Å². The van der Waals surface area contributed by atoms with Crippen molar-refractivity contribution >= 4 is 11.8 Å². The zero-order valence-electron chi connectivity index (χ0n) is 10.9. The van der Waals surface area contributed by atoms with E-state index in [9.17, 15) is 9.59 Å². The summed E-state index contributed by atoms with van der Waals surface area (Å²) < 4.78 is 0. The SMILES string of the molecule is CC(C)(C)NC(=O)CCNCC1CCC(=O)N1. The van der Waals surface area contributed by atoms with E-state index in [1.54, 1.807) is 0 Å². The van der Waals surface area contributed by atoms with Gasteiger partial charge in [0.2, 0.25) is 11.8 Å². The Labute approximate surface area is 103 Å². The van der Waals surface area contributed by atoms with Crippen LogP contribution in [0.3, 0.4) is 0 Å². The highest BCUT2D eigenvalue weighted by molar-refractivity contribution is 5.78. The van der Waals surface area contributed by atoms with Gasteiger partial charge in [-0.2, -0.15) is 0 Å². The molecule has 1 aliphatic heterocycles. The zero-order chi connectivity index (χ0) is 12.9. The third-order valence-electron chi connectivity index (χ3n) is 2.52. The van der Waals surface area contributed by atoms with Gasteiger partial charge in [-0.3, -0.25) is 9.59 Å². The number of amides is 2. The van der Waals surface area contributed by atoms with Gasteiger partial charge in [-0.15, -0.1) is 0 Å². The van der Waals surface area contributed by atoms with Gasteiger partial charge in [0, 0.05) is 37.5 Å². The van der Waals surface area contributed by atoms with Crippen LogP contribution in [0.5, 0.6) is 0 Å². The van der Waals surface area contributed by atoms with E-state index in [0.717, 1.165) is 13.0 Å². The molecule has 2 amide bonds. The molecule has 0 saturated carbocycles. The second kappa shape index (κ2) is 6.00. The molecule has 1 rings (SSSR count). The first kappa shape index (κ1) is 14.0. The maximum absolute atomic E-state index is 11.5. The summed E-state index contributed by atoms with van der Waals surface area (Å²) in [6.45, 7) is 7.29. The molecule has 0 aliphatic carbocycles. The highest BCUT2D eigenvalue weighted by atomic mass is 16.2. The molecule has 1 unspecified atom stereocenters. The molecule has 0 aromatic rings. The average molecular weight is 241 g/mol. The smallest absolute Gasteiger partial charge is 0.221 e. The fourth-order valence-electron chi connectivity index (χ4n) is 1.79. The Hall–Kier alpha value is -1.10. The Balaban J connectivity index is 2.04. The third kappa shape index (κ3) is 6.26. The molecule has 0 aromatic carbocycles. The average Bonchev–Trinajstić information content (AvgIpc) is 2.56. The summed E-state index contributed by atoms with van der Waals surface area (Å²) in [5.41, 5.74) is -0.170. The van der Waals surface area contributed by atoms with Crippen LogP contribution in [0.25, 0.3) is 0 Å². The summed E-state index contributed by atoms with van der Waals surface area (Å²) in [6.07, 6.45) is 1.98. The summed E-state index contributed by atoms with van der Waals surface area (Å²) in [4.78, 5) is 22.4. The standard InChI is InChI=1S/C12H23N3O2/c1-12(2,3)15-11(17)6-7-13-8-9-4-5-10(16)14-9/h9,13H,4-8H2,1-3H3,(H,14,16)(H,15,17). The van der Waals surface area contributed by atoms with Crippen molar-refractivity contribution in [2.75, 3.05) is 13.1 Å². The molecule has 1 saturated heterocycles. The molecular formula is C12H23N3O2. The van der Waals surface area contributed by atoms with Crippen LogP contribution < -0.4 is 16.0 Å². The highest BCUT2D eigenvalue weighted by Crippen LogP contribution is 2.04. The number of carbonyl (C=O) groups excluding carboxylic acids is 2. The number of nitrogens with one attached hydrogen (secondary N) is 3. The zero-order valence-corrected chi connectivity index (χ0v) is 10.9. The number of carbonyl (C=O) groups is 2. The van der Waals surface area contributed by atoms with Crippen LogP contribution >= 0.6 is 0 Å². The van der Waals surface area contributed by atoms with Crippen molar-refractivity contribution in [3.63, 3.8) is 0 Å². The first-order chi connectivity index (χ1) is 7.87. The number of hydrogen-bond donors (Lipinski definition) is 3. The summed E-state index contributed by atoms with van der Waals surface area (Å²) in [6, 6.07) is 0.230. The lowest BCUT2D eigenvalue weighted by molar-refractivity contribution is -0.122. The predicted octanol–water partition coefficient (Wildman–Crippen LogP) is 0.159. The van der Waals surface area contributed by atoms with Gasteiger partial charge in [0.05, 0.1) is 0 Å². The topological polar surface area (TPSA) is 70.2 Å². The minimum atomic E-state index is -0.170. The van der Waals surface area contributed by atoms with Crippen molar-refractivity contribution in [3.05, 3.63) is 0 Å². The Kier molecular flexibility index (Phi) is 4.93. The first-order valence-corrected chi connectivity index (χ1v) is 6.18. The van der Waals surface area contributed by atoms with E-state index in [-0.39, 0.29) is 23.4 Å². The van der Waals surface area contributed by atoms with Crippen LogP contribution in [0.1, 0.15) is 40.0 Å². The van der Waals surface area contributed by atoms with Gasteiger partial charge in [-0.05, 0) is 27.2 Å². The third-order valence-corrected chi connectivity index (χ3v) is 2.52. The summed E-state index contributed by atoms with van der Waals surface area (Å²) in [7, 11) is 0. The van der Waals surface area contributed by atoms with E-state index >= 15 is 0 Å². The molecule has 0 aromatic heterocycles. The minimum Gasteiger partial charge on any atom is -0.352 e. The summed E-state index contributed by atoms with van der Waals surface area (Å²) in [5.74, 6) is 0.183. The van der Waals surface area contributed by atoms with Crippen LogP contribution in [0.4, 0.5) is 0 Å². The summed E-state index contributed by atoms with van der Waals surface area (Å²) in [5, 5.41) is 8.97. The number of rotatable bonds is 5. The second-order valence-electron chi connectivity index (χ2n) is 5.56. The fourth-order valence-corrected chi connectivity index (χ4v) is 1.79. The molecule has 0 spiro atoms. The van der Waals surface area contributed by atoms with Gasteiger partial charge >= 0.3 is 0 Å². The fraction of sp³-hybridized carbons (Fsp3) is 0.833. The van der Waals surface area contributed by atoms with Crippen molar-refractivity contribution < 1.29 is 9.59 Å². The molecule has 1 atom stereocenters. The van der Waals surface area contributed by atoms with Crippen molar-refractivity contribution in [2.24, 2.45) is 0 Å². The lowest BCUT2D eigenvalue weighted by Gasteiger charge is -2.20. The van der Waals surface area contributed by atoms with E-state index in [1.807, 2.05) is 20.8 Å². The van der Waals surface area contributed by atoms with Gasteiger partial charge in [0.1, 0.15) is 0 Å². The monoisotopic (exact) mass is 241 g/mol. The molecule has 0 radical (unpaired) electrons. The van der Waals surface area contributed by atoms with Crippen molar-refractivity contribution in [2.45, 2.75) is 51.6 Å². The van der Waals surface area contributed by atoms with Crippen LogP contribution in [-0.2, 0) is 9.59 Å². The Bertz CT molecular complexity index is 284. The van der Waals surface area contributed by atoms with Crippen molar-refractivity contribution in [1.29, 1.82) is 0 Å². The molecule has 17 heavy (non-hydrogen) atoms. The molecular weight excluding hydrogens is 218 g/mol. The molecule has 1 heterocycles. The first-order valence-electron chi connectivity index (χ1n) is 6.18. The van der Waals surface area contributed by atoms with Crippen LogP contribution in [0.2, 0.25) is 0 Å². The van der Waals surface area contributed by atoms with Gasteiger partial charge < -0.3 is 16.0 Å². The lowest BCUT2D eigenvalue weighted by atomic mass is 10.1. The molecule has 5 nitrogen and oxygen atoms in total. The molecule has 98 valence electrons. The van der Waals surface area contributed by atoms with Crippen molar-refractivity contribution in [3.8, 4) is 0 Å². The predicted molar refractivity (Wildman–Crippen MR) is 66.5 cm³/mol. The molecule has 3 N–H and O–H groups in total. The molecule has 1 fully saturated rings. The normalized spacial score (nSPS) is 20.2. The maximum atomic E-state index is 11.5. The van der Waals surface area contributed by atoms with E-state index in [2.05, 4.69) is 16.0 Å². The van der Waals surface area contributed by atoms with Gasteiger partial charge in [0.15, 0.2) is 0 Å². The second-order valence-corrected chi connectivity index (χ2v) is 5.56. The molecule has 0 bridgehead atoms. The Morgan fingerprint density at radius 2 is 2.18 bits per heavy atom. The molecule has 5 heteroatoms. The molecule has 1 aliphatic rings. The van der Waals surface area contributed by atoms with Gasteiger partial charge in [-0.25, -0.2) is 0 Å². The van der Waals surface area contributed by atoms with E-state index in [1.165, 1.54) is 0 Å². The van der Waals surface area contributed by atoms with Crippen molar-refractivity contribution in [1.82, 2.24) is 16.0 Å². The van der Waals surface area contributed by atoms with Crippen LogP contribution in [-0.4, -0.2) is 36.5 Å². The van der Waals surface area contributed by atoms with Gasteiger partial charge in [0.25, 0.3) is 0 Å². The largest absolute Gasteiger partial charge is 0.352 e. The van der Waals surface area contributed by atoms with E-state index in [0.29, 0.717) is 19.4 Å². The minimum absolute atomic E-state index is 0.0560. The maximum Gasteiger partial charge on any atom is 0.221 e. The number of hydrogen-bond acceptors (Lipinski definition) is 3. The van der Waals surface area contributed by atoms with E-state index in [4.69, 9.17) is 0 Å². The summed E-state index contributed by atoms with van der Waals surface area (Å²) >= 11 is 0. The van der Waals surface area contributed by atoms with E-state index < -0.39 is 0 Å². The quantitative estimate of drug-likeness (QED) is 0.600. The highest BCUT2D eigenvalue weighted by Gasteiger charge is 2.20. The van der Waals surface area contributed by atoms with Crippen LogP contribution in [0, 0.1) is 0 Å². The Morgan fingerprint density at radius 1 is 1.47 bits per heavy atom. The Morgan fingerprint density at radius 3 is 2.71 bits per heavy atom. The lowest BCUT2D eigenvalue weighted by Crippen LogP contribution is -2.42.